The summed E-state index contributed by atoms with van der Waals surface area (Å²) in [6, 6.07) is 22.6. The number of amides is 2. The van der Waals surface area contributed by atoms with Gasteiger partial charge in [0.2, 0.25) is 5.91 Å². The minimum Gasteiger partial charge on any atom is -0.495 e. The topological polar surface area (TPSA) is 79.9 Å². The lowest BCUT2D eigenvalue weighted by Crippen LogP contribution is -2.41. The molecule has 0 aliphatic carbocycles. The molecule has 0 spiro atoms. The Morgan fingerprint density at radius 2 is 1.61 bits per heavy atom. The number of hydrogen-bond acceptors (Lipinski definition) is 5. The van der Waals surface area contributed by atoms with E-state index in [-0.39, 0.29) is 18.4 Å². The molecule has 0 unspecified atom stereocenters. The number of methoxy groups -OCH3 is 1. The third kappa shape index (κ3) is 5.97. The number of morpholine rings is 1. The van der Waals surface area contributed by atoms with E-state index in [9.17, 15) is 9.59 Å². The summed E-state index contributed by atoms with van der Waals surface area (Å²) in [6.45, 7) is 2.99. The van der Waals surface area contributed by atoms with Crippen molar-refractivity contribution in [2.24, 2.45) is 0 Å². The van der Waals surface area contributed by atoms with Crippen molar-refractivity contribution in [3.8, 4) is 16.9 Å². The quantitative estimate of drug-likeness (QED) is 0.577. The Morgan fingerprint density at radius 1 is 0.909 bits per heavy atom. The molecule has 3 aromatic rings. The number of nitrogens with one attached hydrogen (secondary N) is 2. The molecule has 33 heavy (non-hydrogen) atoms. The molecule has 1 saturated heterocycles. The smallest absolute Gasteiger partial charge is 0.255 e. The third-order valence-electron chi connectivity index (χ3n) is 5.46. The van der Waals surface area contributed by atoms with E-state index in [1.807, 2.05) is 47.4 Å². The Kier molecular flexibility index (Phi) is 7.34. The predicted molar refractivity (Wildman–Crippen MR) is 129 cm³/mol. The van der Waals surface area contributed by atoms with E-state index in [0.717, 1.165) is 24.2 Å². The fourth-order valence-corrected chi connectivity index (χ4v) is 3.68. The van der Waals surface area contributed by atoms with E-state index in [2.05, 4.69) is 10.6 Å². The Morgan fingerprint density at radius 3 is 2.30 bits per heavy atom. The number of nitrogens with zero attached hydrogens (tertiary/aromatic N) is 1. The van der Waals surface area contributed by atoms with Crippen molar-refractivity contribution in [3.63, 3.8) is 0 Å². The summed E-state index contributed by atoms with van der Waals surface area (Å²) in [5, 5.41) is 5.78. The largest absolute Gasteiger partial charge is 0.495 e. The van der Waals surface area contributed by atoms with Crippen LogP contribution in [0.15, 0.2) is 72.8 Å². The van der Waals surface area contributed by atoms with Crippen LogP contribution < -0.4 is 15.4 Å². The first kappa shape index (κ1) is 22.5. The summed E-state index contributed by atoms with van der Waals surface area (Å²) in [4.78, 5) is 27.3. The Labute approximate surface area is 193 Å². The maximum absolute atomic E-state index is 12.8. The summed E-state index contributed by atoms with van der Waals surface area (Å²) in [5.74, 6) is 0.149. The molecule has 1 aliphatic rings. The van der Waals surface area contributed by atoms with Crippen LogP contribution in [0.3, 0.4) is 0 Å². The summed E-state index contributed by atoms with van der Waals surface area (Å²) < 4.78 is 10.7. The average Bonchev–Trinajstić information content (AvgIpc) is 2.85. The fourth-order valence-electron chi connectivity index (χ4n) is 3.68. The van der Waals surface area contributed by atoms with Crippen LogP contribution in [0, 0.1) is 0 Å². The molecule has 4 rings (SSSR count). The minimum absolute atomic E-state index is 0.143. The summed E-state index contributed by atoms with van der Waals surface area (Å²) in [5.41, 5.74) is 3.75. The number of benzene rings is 3. The SMILES string of the molecule is COc1ccc(NC(=O)c2ccc(-c3ccccc3)cc2)cc1NC(=O)CN1CCOCC1. The second-order valence-electron chi connectivity index (χ2n) is 7.75. The molecule has 0 bridgehead atoms. The first-order valence-corrected chi connectivity index (χ1v) is 10.9. The molecule has 2 N–H and O–H groups in total. The summed E-state index contributed by atoms with van der Waals surface area (Å²) >= 11 is 0. The van der Waals surface area contributed by atoms with Crippen molar-refractivity contribution < 1.29 is 19.1 Å². The van der Waals surface area contributed by atoms with Crippen molar-refractivity contribution in [1.29, 1.82) is 0 Å². The highest BCUT2D eigenvalue weighted by atomic mass is 16.5. The normalized spacial score (nSPS) is 13.8. The molecular weight excluding hydrogens is 418 g/mol. The predicted octanol–water partition coefficient (Wildman–Crippen LogP) is 3.89. The highest BCUT2D eigenvalue weighted by molar-refractivity contribution is 6.05. The van der Waals surface area contributed by atoms with Gasteiger partial charge in [0.1, 0.15) is 5.75 Å². The van der Waals surface area contributed by atoms with Crippen molar-refractivity contribution >= 4 is 23.2 Å². The van der Waals surface area contributed by atoms with Crippen LogP contribution in [0.2, 0.25) is 0 Å². The van der Waals surface area contributed by atoms with Crippen LogP contribution in [-0.2, 0) is 9.53 Å². The lowest BCUT2D eigenvalue weighted by Gasteiger charge is -2.26. The third-order valence-corrected chi connectivity index (χ3v) is 5.46. The monoisotopic (exact) mass is 445 g/mol. The maximum atomic E-state index is 12.8. The zero-order chi connectivity index (χ0) is 23.0. The minimum atomic E-state index is -0.231. The molecule has 7 nitrogen and oxygen atoms in total. The highest BCUT2D eigenvalue weighted by Crippen LogP contribution is 2.28. The molecule has 1 heterocycles. The molecule has 1 aliphatic heterocycles. The Hall–Kier alpha value is -3.68. The highest BCUT2D eigenvalue weighted by Gasteiger charge is 2.16. The second-order valence-corrected chi connectivity index (χ2v) is 7.75. The first-order chi connectivity index (χ1) is 16.1. The second kappa shape index (κ2) is 10.8. The number of rotatable bonds is 7. The van der Waals surface area contributed by atoms with Crippen molar-refractivity contribution in [2.75, 3.05) is 50.6 Å². The van der Waals surface area contributed by atoms with Gasteiger partial charge in [0.15, 0.2) is 0 Å². The molecule has 0 aromatic heterocycles. The number of ether oxygens (including phenoxy) is 2. The van der Waals surface area contributed by atoms with E-state index in [1.54, 1.807) is 37.4 Å². The molecule has 2 amide bonds. The molecule has 1 fully saturated rings. The molecule has 0 saturated carbocycles. The van der Waals surface area contributed by atoms with Gasteiger partial charge in [-0.25, -0.2) is 0 Å². The standard InChI is InChI=1S/C26H27N3O4/c1-32-24-12-11-22(17-23(24)28-25(30)18-29-13-15-33-16-14-29)27-26(31)21-9-7-20(8-10-21)19-5-3-2-4-6-19/h2-12,17H,13-16,18H2,1H3,(H,27,31)(H,28,30). The van der Waals surface area contributed by atoms with Gasteiger partial charge in [0.25, 0.3) is 5.91 Å². The van der Waals surface area contributed by atoms with Gasteiger partial charge in [-0.1, -0.05) is 42.5 Å². The van der Waals surface area contributed by atoms with E-state index in [0.29, 0.717) is 35.9 Å². The first-order valence-electron chi connectivity index (χ1n) is 10.9. The van der Waals surface area contributed by atoms with Crippen LogP contribution >= 0.6 is 0 Å². The fraction of sp³-hybridized carbons (Fsp3) is 0.231. The van der Waals surface area contributed by atoms with Gasteiger partial charge in [0.05, 0.1) is 32.6 Å². The van der Waals surface area contributed by atoms with Gasteiger partial charge in [0, 0.05) is 24.3 Å². The molecule has 7 heteroatoms. The van der Waals surface area contributed by atoms with E-state index in [1.165, 1.54) is 0 Å². The average molecular weight is 446 g/mol. The van der Waals surface area contributed by atoms with Gasteiger partial charge < -0.3 is 20.1 Å². The summed E-state index contributed by atoms with van der Waals surface area (Å²) in [6.07, 6.45) is 0. The summed E-state index contributed by atoms with van der Waals surface area (Å²) in [7, 11) is 1.54. The van der Waals surface area contributed by atoms with Gasteiger partial charge in [-0.3, -0.25) is 14.5 Å². The zero-order valence-electron chi connectivity index (χ0n) is 18.5. The van der Waals surface area contributed by atoms with Crippen molar-refractivity contribution in [2.45, 2.75) is 0 Å². The van der Waals surface area contributed by atoms with Gasteiger partial charge in [-0.05, 0) is 41.5 Å². The Balaban J connectivity index is 1.42. The van der Waals surface area contributed by atoms with Crippen LogP contribution in [0.4, 0.5) is 11.4 Å². The van der Waals surface area contributed by atoms with Crippen LogP contribution in [0.25, 0.3) is 11.1 Å². The van der Waals surface area contributed by atoms with Crippen LogP contribution in [0.1, 0.15) is 10.4 Å². The van der Waals surface area contributed by atoms with E-state index >= 15 is 0 Å². The van der Waals surface area contributed by atoms with Crippen LogP contribution in [0.5, 0.6) is 5.75 Å². The van der Waals surface area contributed by atoms with E-state index < -0.39 is 0 Å². The number of carbonyl (C=O) groups is 2. The lowest BCUT2D eigenvalue weighted by molar-refractivity contribution is -0.118. The van der Waals surface area contributed by atoms with Crippen molar-refractivity contribution in [3.05, 3.63) is 78.4 Å². The number of carbonyl (C=O) groups excluding carboxylic acids is 2. The zero-order valence-corrected chi connectivity index (χ0v) is 18.5. The number of hydrogen-bond donors (Lipinski definition) is 2. The number of anilines is 2. The molecular formula is C26H27N3O4. The maximum Gasteiger partial charge on any atom is 0.255 e. The molecule has 0 radical (unpaired) electrons. The van der Waals surface area contributed by atoms with Gasteiger partial charge >= 0.3 is 0 Å². The lowest BCUT2D eigenvalue weighted by atomic mass is 10.0. The molecule has 3 aromatic carbocycles. The van der Waals surface area contributed by atoms with Gasteiger partial charge in [-0.2, -0.15) is 0 Å². The van der Waals surface area contributed by atoms with Gasteiger partial charge in [-0.15, -0.1) is 0 Å². The molecule has 0 atom stereocenters. The van der Waals surface area contributed by atoms with Crippen molar-refractivity contribution in [1.82, 2.24) is 4.90 Å². The Bertz CT molecular complexity index is 1090. The van der Waals surface area contributed by atoms with E-state index in [4.69, 9.17) is 9.47 Å². The van der Waals surface area contributed by atoms with Crippen LogP contribution in [-0.4, -0.2) is 56.7 Å². The molecule has 170 valence electrons.